The standard InChI is InChI=1S/C21H25N5O/c1-21(2,3)19(13-26-9-8-22-14-26)23-11-16-12-24-25-20(16)18-10-15-6-4-5-7-17(15)27-18/h4-10,12,14,19,23H,11,13H2,1-3H3,(H,24,25)/t19-/m1/s1. The molecule has 6 nitrogen and oxygen atoms in total. The van der Waals surface area contributed by atoms with Crippen LogP contribution in [-0.4, -0.2) is 25.8 Å². The van der Waals surface area contributed by atoms with E-state index in [0.717, 1.165) is 34.5 Å². The van der Waals surface area contributed by atoms with E-state index in [0.29, 0.717) is 6.54 Å². The van der Waals surface area contributed by atoms with Gasteiger partial charge in [0, 0.05) is 42.5 Å². The highest BCUT2D eigenvalue weighted by molar-refractivity contribution is 5.82. The number of H-pyrrole nitrogens is 1. The minimum absolute atomic E-state index is 0.105. The Kier molecular flexibility index (Phi) is 4.58. The highest BCUT2D eigenvalue weighted by Gasteiger charge is 2.25. The quantitative estimate of drug-likeness (QED) is 0.538. The van der Waals surface area contributed by atoms with Crippen molar-refractivity contribution in [3.63, 3.8) is 0 Å². The molecule has 140 valence electrons. The molecule has 0 bridgehead atoms. The zero-order valence-electron chi connectivity index (χ0n) is 15.9. The molecule has 0 aliphatic carbocycles. The van der Waals surface area contributed by atoms with Crippen LogP contribution in [0.5, 0.6) is 0 Å². The first-order chi connectivity index (χ1) is 13.0. The lowest BCUT2D eigenvalue weighted by Crippen LogP contribution is -2.43. The number of nitrogens with one attached hydrogen (secondary N) is 2. The molecular formula is C21H25N5O. The van der Waals surface area contributed by atoms with Crippen LogP contribution in [0.2, 0.25) is 0 Å². The maximum atomic E-state index is 6.00. The summed E-state index contributed by atoms with van der Waals surface area (Å²) in [6, 6.07) is 10.4. The third-order valence-electron chi connectivity index (χ3n) is 4.93. The predicted molar refractivity (Wildman–Crippen MR) is 106 cm³/mol. The molecule has 2 N–H and O–H groups in total. The van der Waals surface area contributed by atoms with Gasteiger partial charge in [-0.3, -0.25) is 5.10 Å². The largest absolute Gasteiger partial charge is 0.454 e. The van der Waals surface area contributed by atoms with Crippen LogP contribution < -0.4 is 5.32 Å². The van der Waals surface area contributed by atoms with E-state index in [-0.39, 0.29) is 11.5 Å². The summed E-state index contributed by atoms with van der Waals surface area (Å²) in [5.74, 6) is 0.812. The van der Waals surface area contributed by atoms with Gasteiger partial charge in [0.05, 0.1) is 12.5 Å². The molecule has 0 unspecified atom stereocenters. The van der Waals surface area contributed by atoms with Gasteiger partial charge in [-0.15, -0.1) is 0 Å². The zero-order chi connectivity index (χ0) is 18.9. The van der Waals surface area contributed by atoms with Crippen molar-refractivity contribution in [3.05, 3.63) is 60.8 Å². The molecule has 0 fully saturated rings. The number of imidazole rings is 1. The van der Waals surface area contributed by atoms with Crippen molar-refractivity contribution in [2.24, 2.45) is 5.41 Å². The number of furan rings is 1. The van der Waals surface area contributed by atoms with E-state index in [1.807, 2.05) is 43.1 Å². The fourth-order valence-corrected chi connectivity index (χ4v) is 3.25. The minimum Gasteiger partial charge on any atom is -0.454 e. The summed E-state index contributed by atoms with van der Waals surface area (Å²) < 4.78 is 8.11. The van der Waals surface area contributed by atoms with Gasteiger partial charge in [0.15, 0.2) is 5.76 Å². The van der Waals surface area contributed by atoms with Gasteiger partial charge < -0.3 is 14.3 Å². The van der Waals surface area contributed by atoms with Gasteiger partial charge in [-0.2, -0.15) is 5.10 Å². The van der Waals surface area contributed by atoms with Crippen LogP contribution >= 0.6 is 0 Å². The van der Waals surface area contributed by atoms with E-state index in [9.17, 15) is 0 Å². The third kappa shape index (κ3) is 3.80. The molecule has 0 spiro atoms. The highest BCUT2D eigenvalue weighted by atomic mass is 16.3. The topological polar surface area (TPSA) is 71.7 Å². The fraction of sp³-hybridized carbons (Fsp3) is 0.333. The second-order valence-electron chi connectivity index (χ2n) is 7.98. The Hall–Kier alpha value is -2.86. The minimum atomic E-state index is 0.105. The Labute approximate surface area is 158 Å². The number of aromatic nitrogens is 4. The number of fused-ring (bicyclic) bond motifs is 1. The first kappa shape index (κ1) is 17.5. The molecular weight excluding hydrogens is 338 g/mol. The second kappa shape index (κ2) is 7.04. The van der Waals surface area contributed by atoms with Crippen molar-refractivity contribution in [2.45, 2.75) is 39.9 Å². The molecule has 4 aromatic rings. The lowest BCUT2D eigenvalue weighted by molar-refractivity contribution is 0.240. The summed E-state index contributed by atoms with van der Waals surface area (Å²) >= 11 is 0. The molecule has 4 rings (SSSR count). The SMILES string of the molecule is CC(C)(C)[C@@H](Cn1ccnc1)NCc1cn[nH]c1-c1cc2ccccc2o1. The number of rotatable bonds is 6. The Bertz CT molecular complexity index is 974. The molecule has 3 heterocycles. The van der Waals surface area contributed by atoms with E-state index in [1.54, 1.807) is 0 Å². The summed E-state index contributed by atoms with van der Waals surface area (Å²) in [7, 11) is 0. The lowest BCUT2D eigenvalue weighted by atomic mass is 9.86. The molecule has 3 aromatic heterocycles. The molecule has 0 radical (unpaired) electrons. The maximum absolute atomic E-state index is 6.00. The van der Waals surface area contributed by atoms with Gasteiger partial charge >= 0.3 is 0 Å². The number of nitrogens with zero attached hydrogens (tertiary/aromatic N) is 3. The first-order valence-corrected chi connectivity index (χ1v) is 9.21. The van der Waals surface area contributed by atoms with E-state index in [2.05, 4.69) is 58.0 Å². The number of para-hydroxylation sites is 1. The van der Waals surface area contributed by atoms with Crippen LogP contribution in [0.25, 0.3) is 22.4 Å². The van der Waals surface area contributed by atoms with Crippen molar-refractivity contribution < 1.29 is 4.42 Å². The Morgan fingerprint density at radius 3 is 2.85 bits per heavy atom. The van der Waals surface area contributed by atoms with Crippen LogP contribution in [0, 0.1) is 5.41 Å². The molecule has 1 atom stereocenters. The number of hydrogen-bond donors (Lipinski definition) is 2. The molecule has 6 heteroatoms. The predicted octanol–water partition coefficient (Wildman–Crippen LogP) is 4.22. The Balaban J connectivity index is 1.53. The Morgan fingerprint density at radius 2 is 2.11 bits per heavy atom. The first-order valence-electron chi connectivity index (χ1n) is 9.21. The van der Waals surface area contributed by atoms with Crippen LogP contribution in [-0.2, 0) is 13.1 Å². The summed E-state index contributed by atoms with van der Waals surface area (Å²) in [5, 5.41) is 12.1. The van der Waals surface area contributed by atoms with Crippen LogP contribution in [0.4, 0.5) is 0 Å². The van der Waals surface area contributed by atoms with Crippen LogP contribution in [0.15, 0.2) is 59.7 Å². The smallest absolute Gasteiger partial charge is 0.153 e. The number of benzene rings is 1. The highest BCUT2D eigenvalue weighted by Crippen LogP contribution is 2.29. The second-order valence-corrected chi connectivity index (χ2v) is 7.98. The fourth-order valence-electron chi connectivity index (χ4n) is 3.25. The average Bonchev–Trinajstić information content (AvgIpc) is 3.36. The van der Waals surface area contributed by atoms with Gasteiger partial charge in [-0.25, -0.2) is 4.98 Å². The van der Waals surface area contributed by atoms with Gasteiger partial charge in [-0.05, 0) is 17.5 Å². The summed E-state index contributed by atoms with van der Waals surface area (Å²) in [6.07, 6.45) is 7.54. The zero-order valence-corrected chi connectivity index (χ0v) is 15.9. The maximum Gasteiger partial charge on any atom is 0.153 e. The Morgan fingerprint density at radius 1 is 1.26 bits per heavy atom. The molecule has 0 amide bonds. The molecule has 1 aromatic carbocycles. The lowest BCUT2D eigenvalue weighted by Gasteiger charge is -2.32. The van der Waals surface area contributed by atoms with Crippen molar-refractivity contribution in [1.82, 2.24) is 25.1 Å². The number of hydrogen-bond acceptors (Lipinski definition) is 4. The average molecular weight is 363 g/mol. The van der Waals surface area contributed by atoms with Gasteiger partial charge in [0.1, 0.15) is 11.3 Å². The van der Waals surface area contributed by atoms with Crippen molar-refractivity contribution in [2.75, 3.05) is 0 Å². The monoisotopic (exact) mass is 363 g/mol. The molecule has 0 saturated heterocycles. The van der Waals surface area contributed by atoms with Crippen LogP contribution in [0.3, 0.4) is 0 Å². The van der Waals surface area contributed by atoms with Gasteiger partial charge in [-0.1, -0.05) is 39.0 Å². The van der Waals surface area contributed by atoms with Crippen LogP contribution in [0.1, 0.15) is 26.3 Å². The van der Waals surface area contributed by atoms with Gasteiger partial charge in [0.25, 0.3) is 0 Å². The summed E-state index contributed by atoms with van der Waals surface area (Å²) in [4.78, 5) is 4.15. The third-order valence-corrected chi connectivity index (χ3v) is 4.93. The molecule has 27 heavy (non-hydrogen) atoms. The van der Waals surface area contributed by atoms with E-state index in [1.165, 1.54) is 0 Å². The molecule has 0 aliphatic heterocycles. The number of aromatic amines is 1. The normalized spacial score (nSPS) is 13.3. The molecule has 0 aliphatic rings. The summed E-state index contributed by atoms with van der Waals surface area (Å²) in [6.45, 7) is 8.31. The van der Waals surface area contributed by atoms with E-state index < -0.39 is 0 Å². The van der Waals surface area contributed by atoms with Gasteiger partial charge in [0.2, 0.25) is 0 Å². The van der Waals surface area contributed by atoms with Crippen molar-refractivity contribution in [1.29, 1.82) is 0 Å². The molecule has 0 saturated carbocycles. The van der Waals surface area contributed by atoms with E-state index in [4.69, 9.17) is 4.42 Å². The van der Waals surface area contributed by atoms with E-state index >= 15 is 0 Å². The summed E-state index contributed by atoms with van der Waals surface area (Å²) in [5.41, 5.74) is 3.00. The van der Waals surface area contributed by atoms with Crippen molar-refractivity contribution in [3.8, 4) is 11.5 Å². The van der Waals surface area contributed by atoms with Crippen molar-refractivity contribution >= 4 is 11.0 Å².